The van der Waals surface area contributed by atoms with Crippen LogP contribution in [0.3, 0.4) is 0 Å². The second kappa shape index (κ2) is 6.32. The van der Waals surface area contributed by atoms with Crippen molar-refractivity contribution in [2.45, 2.75) is 6.42 Å². The first-order chi connectivity index (χ1) is 8.74. The Hall–Kier alpha value is -1.66. The molecule has 3 N–H and O–H groups in total. The van der Waals surface area contributed by atoms with E-state index >= 15 is 0 Å². The van der Waals surface area contributed by atoms with Crippen LogP contribution >= 0.6 is 0 Å². The van der Waals surface area contributed by atoms with Crippen LogP contribution in [0.4, 0.5) is 11.5 Å². The van der Waals surface area contributed by atoms with Crippen molar-refractivity contribution >= 4 is 17.4 Å². The number of hydrogen-bond acceptors (Lipinski definition) is 5. The number of carbonyl (C=O) groups excluding carboxylic acids is 1. The van der Waals surface area contributed by atoms with Gasteiger partial charge in [0.05, 0.1) is 13.2 Å². The van der Waals surface area contributed by atoms with Gasteiger partial charge >= 0.3 is 0 Å². The molecule has 6 nitrogen and oxygen atoms in total. The third-order valence-electron chi connectivity index (χ3n) is 2.81. The number of amides is 1. The molecule has 0 saturated carbocycles. The Balaban J connectivity index is 1.74. The molecule has 2 rings (SSSR count). The molecule has 98 valence electrons. The molecule has 1 amide bonds. The fourth-order valence-electron chi connectivity index (χ4n) is 1.81. The highest BCUT2D eigenvalue weighted by Gasteiger charge is 2.12. The lowest BCUT2D eigenvalue weighted by Gasteiger charge is -2.26. The minimum atomic E-state index is -0.0420. The summed E-state index contributed by atoms with van der Waals surface area (Å²) in [5.41, 5.74) is 6.20. The lowest BCUT2D eigenvalue weighted by Crippen LogP contribution is -2.38. The van der Waals surface area contributed by atoms with Gasteiger partial charge in [-0.15, -0.1) is 0 Å². The number of nitrogens with zero attached hydrogens (tertiary/aromatic N) is 2. The predicted molar refractivity (Wildman–Crippen MR) is 69.2 cm³/mol. The summed E-state index contributed by atoms with van der Waals surface area (Å²) in [6.45, 7) is 4.03. The Bertz CT molecular complexity index is 405. The van der Waals surface area contributed by atoms with Gasteiger partial charge in [-0.25, -0.2) is 4.98 Å². The quantitative estimate of drug-likeness (QED) is 0.804. The molecule has 1 saturated heterocycles. The van der Waals surface area contributed by atoms with E-state index in [0.717, 1.165) is 32.8 Å². The van der Waals surface area contributed by atoms with Crippen molar-refractivity contribution in [2.24, 2.45) is 0 Å². The van der Waals surface area contributed by atoms with Crippen LogP contribution in [-0.2, 0) is 9.53 Å². The SMILES string of the molecule is Nc1ccnc(NC(=O)CCN2CCOCC2)c1. The maximum Gasteiger partial charge on any atom is 0.226 e. The van der Waals surface area contributed by atoms with Gasteiger partial charge in [0.2, 0.25) is 5.91 Å². The molecule has 0 aliphatic carbocycles. The summed E-state index contributed by atoms with van der Waals surface area (Å²) in [6, 6.07) is 3.33. The van der Waals surface area contributed by atoms with Crippen molar-refractivity contribution in [3.8, 4) is 0 Å². The van der Waals surface area contributed by atoms with E-state index in [1.165, 1.54) is 0 Å². The van der Waals surface area contributed by atoms with Crippen molar-refractivity contribution in [2.75, 3.05) is 43.9 Å². The van der Waals surface area contributed by atoms with Crippen LogP contribution in [0.5, 0.6) is 0 Å². The second-order valence-corrected chi connectivity index (χ2v) is 4.23. The van der Waals surface area contributed by atoms with Crippen LogP contribution < -0.4 is 11.1 Å². The number of morpholine rings is 1. The molecule has 2 heterocycles. The summed E-state index contributed by atoms with van der Waals surface area (Å²) < 4.78 is 5.25. The Kier molecular flexibility index (Phi) is 4.49. The monoisotopic (exact) mass is 250 g/mol. The Morgan fingerprint density at radius 2 is 2.28 bits per heavy atom. The molecule has 0 atom stereocenters. The molecule has 1 aromatic heterocycles. The first-order valence-corrected chi connectivity index (χ1v) is 6.05. The van der Waals surface area contributed by atoms with Crippen molar-refractivity contribution in [1.29, 1.82) is 0 Å². The highest BCUT2D eigenvalue weighted by molar-refractivity contribution is 5.90. The van der Waals surface area contributed by atoms with Crippen LogP contribution in [-0.4, -0.2) is 48.6 Å². The summed E-state index contributed by atoms with van der Waals surface area (Å²) in [5, 5.41) is 2.73. The molecule has 1 aromatic rings. The number of nitrogens with one attached hydrogen (secondary N) is 1. The van der Waals surface area contributed by atoms with Gasteiger partial charge < -0.3 is 15.8 Å². The summed E-state index contributed by atoms with van der Waals surface area (Å²) in [7, 11) is 0. The second-order valence-electron chi connectivity index (χ2n) is 4.23. The third kappa shape index (κ3) is 3.97. The number of carbonyl (C=O) groups is 1. The predicted octanol–water partition coefficient (Wildman–Crippen LogP) is 0.325. The highest BCUT2D eigenvalue weighted by Crippen LogP contribution is 2.08. The minimum Gasteiger partial charge on any atom is -0.399 e. The number of pyridine rings is 1. The number of nitrogens with two attached hydrogens (primary N) is 1. The zero-order chi connectivity index (χ0) is 12.8. The average Bonchev–Trinajstić information content (AvgIpc) is 2.38. The Morgan fingerprint density at radius 3 is 3.00 bits per heavy atom. The number of aromatic nitrogens is 1. The van der Waals surface area contributed by atoms with Gasteiger partial charge in [0.25, 0.3) is 0 Å². The molecule has 0 unspecified atom stereocenters. The smallest absolute Gasteiger partial charge is 0.226 e. The molecule has 0 spiro atoms. The summed E-state index contributed by atoms with van der Waals surface area (Å²) in [5.74, 6) is 0.460. The molecule has 6 heteroatoms. The van der Waals surface area contributed by atoms with Crippen LogP contribution in [0.15, 0.2) is 18.3 Å². The van der Waals surface area contributed by atoms with E-state index in [9.17, 15) is 4.79 Å². The van der Waals surface area contributed by atoms with Gasteiger partial charge in [0.1, 0.15) is 5.82 Å². The van der Waals surface area contributed by atoms with Crippen molar-refractivity contribution < 1.29 is 9.53 Å². The van der Waals surface area contributed by atoms with Crippen LogP contribution in [0.1, 0.15) is 6.42 Å². The topological polar surface area (TPSA) is 80.5 Å². The largest absolute Gasteiger partial charge is 0.399 e. The number of ether oxygens (including phenoxy) is 1. The molecular formula is C12H18N4O2. The minimum absolute atomic E-state index is 0.0420. The van der Waals surface area contributed by atoms with Crippen LogP contribution in [0.2, 0.25) is 0 Å². The molecule has 1 fully saturated rings. The van der Waals surface area contributed by atoms with E-state index in [2.05, 4.69) is 15.2 Å². The lowest BCUT2D eigenvalue weighted by atomic mass is 10.3. The summed E-state index contributed by atoms with van der Waals surface area (Å²) in [4.78, 5) is 18.0. The Labute approximate surface area is 106 Å². The molecule has 1 aliphatic rings. The molecular weight excluding hydrogens is 232 g/mol. The van der Waals surface area contributed by atoms with Gasteiger partial charge in [0.15, 0.2) is 0 Å². The van der Waals surface area contributed by atoms with E-state index in [4.69, 9.17) is 10.5 Å². The molecule has 18 heavy (non-hydrogen) atoms. The van der Waals surface area contributed by atoms with Gasteiger partial charge in [-0.3, -0.25) is 9.69 Å². The maximum absolute atomic E-state index is 11.7. The van der Waals surface area contributed by atoms with Gasteiger partial charge in [-0.1, -0.05) is 0 Å². The standard InChI is InChI=1S/C12H18N4O2/c13-10-1-3-14-11(9-10)15-12(17)2-4-16-5-7-18-8-6-16/h1,3,9H,2,4-8H2,(H3,13,14,15,17). The summed E-state index contributed by atoms with van der Waals surface area (Å²) >= 11 is 0. The number of hydrogen-bond donors (Lipinski definition) is 2. The Morgan fingerprint density at radius 1 is 1.50 bits per heavy atom. The van der Waals surface area contributed by atoms with E-state index in [-0.39, 0.29) is 5.91 Å². The van der Waals surface area contributed by atoms with E-state index in [1.54, 1.807) is 18.3 Å². The summed E-state index contributed by atoms with van der Waals surface area (Å²) in [6.07, 6.45) is 2.03. The average molecular weight is 250 g/mol. The van der Waals surface area contributed by atoms with Gasteiger partial charge in [-0.2, -0.15) is 0 Å². The van der Waals surface area contributed by atoms with E-state index in [0.29, 0.717) is 17.9 Å². The molecule has 0 aromatic carbocycles. The number of rotatable bonds is 4. The molecule has 1 aliphatic heterocycles. The van der Waals surface area contributed by atoms with E-state index < -0.39 is 0 Å². The van der Waals surface area contributed by atoms with Crippen molar-refractivity contribution in [1.82, 2.24) is 9.88 Å². The fourth-order valence-corrected chi connectivity index (χ4v) is 1.81. The number of anilines is 2. The fraction of sp³-hybridized carbons (Fsp3) is 0.500. The van der Waals surface area contributed by atoms with Crippen molar-refractivity contribution in [3.63, 3.8) is 0 Å². The first-order valence-electron chi connectivity index (χ1n) is 6.05. The lowest BCUT2D eigenvalue weighted by molar-refractivity contribution is -0.116. The highest BCUT2D eigenvalue weighted by atomic mass is 16.5. The third-order valence-corrected chi connectivity index (χ3v) is 2.81. The van der Waals surface area contributed by atoms with Crippen LogP contribution in [0.25, 0.3) is 0 Å². The molecule has 0 bridgehead atoms. The van der Waals surface area contributed by atoms with E-state index in [1.807, 2.05) is 0 Å². The van der Waals surface area contributed by atoms with Gasteiger partial charge in [0, 0.05) is 44.0 Å². The zero-order valence-electron chi connectivity index (χ0n) is 10.3. The number of nitrogen functional groups attached to an aromatic ring is 1. The maximum atomic E-state index is 11.7. The molecule has 0 radical (unpaired) electrons. The van der Waals surface area contributed by atoms with Gasteiger partial charge in [-0.05, 0) is 6.07 Å². The van der Waals surface area contributed by atoms with Crippen molar-refractivity contribution in [3.05, 3.63) is 18.3 Å². The first kappa shape index (κ1) is 12.8. The normalized spacial score (nSPS) is 16.4. The van der Waals surface area contributed by atoms with Crippen LogP contribution in [0, 0.1) is 0 Å². The zero-order valence-corrected chi connectivity index (χ0v) is 10.3.